The Morgan fingerprint density at radius 2 is 1.95 bits per heavy atom. The van der Waals surface area contributed by atoms with Gasteiger partial charge in [0.2, 0.25) is 10.0 Å². The molecule has 0 aliphatic heterocycles. The van der Waals surface area contributed by atoms with Crippen LogP contribution in [0.5, 0.6) is 0 Å². The van der Waals surface area contributed by atoms with Gasteiger partial charge in [-0.1, -0.05) is 19.1 Å². The lowest BCUT2D eigenvalue weighted by Gasteiger charge is -2.28. The van der Waals surface area contributed by atoms with Gasteiger partial charge < -0.3 is 15.0 Å². The van der Waals surface area contributed by atoms with E-state index in [0.717, 1.165) is 35.6 Å². The van der Waals surface area contributed by atoms with E-state index in [1.807, 2.05) is 13.8 Å². The van der Waals surface area contributed by atoms with Crippen LogP contribution in [0.25, 0.3) is 10.4 Å². The lowest BCUT2D eigenvalue weighted by atomic mass is 9.86. The van der Waals surface area contributed by atoms with E-state index in [1.165, 1.54) is 17.4 Å². The van der Waals surface area contributed by atoms with Crippen LogP contribution in [0.1, 0.15) is 73.6 Å². The Bertz CT molecular complexity index is 1360. The van der Waals surface area contributed by atoms with Gasteiger partial charge in [0.05, 0.1) is 27.3 Å². The second kappa shape index (κ2) is 12.2. The van der Waals surface area contributed by atoms with Gasteiger partial charge in [0.25, 0.3) is 0 Å². The molecule has 3 N–H and O–H groups in total. The zero-order valence-electron chi connectivity index (χ0n) is 21.7. The molecular weight excluding hydrogens is 526 g/mol. The van der Waals surface area contributed by atoms with Crippen molar-refractivity contribution >= 4 is 33.2 Å². The summed E-state index contributed by atoms with van der Waals surface area (Å²) >= 11 is 1.47. The number of H-pyrrole nitrogens is 1. The molecule has 0 radical (unpaired) electrons. The van der Waals surface area contributed by atoms with Crippen LogP contribution in [0.2, 0.25) is 0 Å². The van der Waals surface area contributed by atoms with E-state index in [-0.39, 0.29) is 47.8 Å². The molecule has 0 spiro atoms. The third-order valence-corrected chi connectivity index (χ3v) is 9.12. The van der Waals surface area contributed by atoms with Gasteiger partial charge in [0, 0.05) is 48.2 Å². The number of amides is 1. The number of carbonyl (C=O) groups excluding carboxylic acids is 2. The van der Waals surface area contributed by atoms with E-state index in [9.17, 15) is 18.0 Å². The van der Waals surface area contributed by atoms with E-state index in [4.69, 9.17) is 4.74 Å². The highest BCUT2D eigenvalue weighted by molar-refractivity contribution is 7.89. The summed E-state index contributed by atoms with van der Waals surface area (Å²) in [6, 6.07) is 4.83. The number of benzene rings is 1. The smallest absolute Gasteiger partial charge is 0.407 e. The van der Waals surface area contributed by atoms with Gasteiger partial charge in [-0.2, -0.15) is 0 Å². The number of sulfonamides is 1. The first-order chi connectivity index (χ1) is 18.2. The summed E-state index contributed by atoms with van der Waals surface area (Å²) in [5.74, 6) is 0.520. The van der Waals surface area contributed by atoms with Gasteiger partial charge in [-0.3, -0.25) is 4.79 Å². The fraction of sp³-hybridized carbons (Fsp3) is 0.462. The Hall–Kier alpha value is -3.09. The molecule has 204 valence electrons. The zero-order valence-corrected chi connectivity index (χ0v) is 23.3. The summed E-state index contributed by atoms with van der Waals surface area (Å²) in [6.45, 7) is 5.57. The molecule has 1 aliphatic carbocycles. The van der Waals surface area contributed by atoms with Crippen molar-refractivity contribution in [3.05, 3.63) is 53.2 Å². The third-order valence-electron chi connectivity index (χ3n) is 6.34. The van der Waals surface area contributed by atoms with Crippen molar-refractivity contribution in [1.29, 1.82) is 0 Å². The number of Topliss-reactive ketones (excluding diaryl/α,β-unsaturated/α-hetero) is 1. The van der Waals surface area contributed by atoms with Crippen LogP contribution in [-0.2, 0) is 21.2 Å². The summed E-state index contributed by atoms with van der Waals surface area (Å²) in [5.41, 5.74) is 0.809. The fourth-order valence-corrected chi connectivity index (χ4v) is 7.01. The number of aromatic amines is 1. The largest absolute Gasteiger partial charge is 0.447 e. The first-order valence-corrected chi connectivity index (χ1v) is 15.0. The Kier molecular flexibility index (Phi) is 8.95. The topological polar surface area (TPSA) is 143 Å². The molecule has 4 rings (SSSR count). The Morgan fingerprint density at radius 1 is 1.18 bits per heavy atom. The number of hydrogen-bond acceptors (Lipinski definition) is 8. The molecule has 3 aromatic rings. The average Bonchev–Trinajstić information content (AvgIpc) is 3.56. The van der Waals surface area contributed by atoms with Gasteiger partial charge >= 0.3 is 6.09 Å². The standard InChI is InChI=1S/C26H33N5O5S2/c1-4-30-38(34,35)23-13-18(21(32)14-24-27-11-12-28-24)7-10-20(23)22-15-29-25(37-22)17-5-8-19(9-6-17)31-26(33)36-16(2)3/h7,10-13,15-17,19,30H,4-6,8-9,14H2,1-3H3,(H,27,28)(H,31,33). The number of imidazole rings is 1. The molecule has 38 heavy (non-hydrogen) atoms. The number of aromatic nitrogens is 3. The second-order valence-corrected chi connectivity index (χ2v) is 12.4. The predicted octanol–water partition coefficient (Wildman–Crippen LogP) is 4.42. The number of ether oxygens (including phenoxy) is 1. The molecule has 0 saturated heterocycles. The number of ketones is 1. The summed E-state index contributed by atoms with van der Waals surface area (Å²) in [6.07, 6.45) is 7.77. The van der Waals surface area contributed by atoms with Crippen LogP contribution in [0, 0.1) is 0 Å². The Labute approximate surface area is 226 Å². The van der Waals surface area contributed by atoms with E-state index >= 15 is 0 Å². The van der Waals surface area contributed by atoms with Crippen LogP contribution < -0.4 is 10.0 Å². The van der Waals surface area contributed by atoms with E-state index in [2.05, 4.69) is 25.0 Å². The molecule has 1 fully saturated rings. The Balaban J connectivity index is 1.52. The third kappa shape index (κ3) is 6.86. The SMILES string of the molecule is CCNS(=O)(=O)c1cc(C(=O)Cc2ncc[nH]2)ccc1-c1cnc(C2CCC(NC(=O)OC(C)C)CC2)s1. The lowest BCUT2D eigenvalue weighted by Crippen LogP contribution is -2.38. The van der Waals surface area contributed by atoms with Gasteiger partial charge in [-0.15, -0.1) is 11.3 Å². The number of carbonyl (C=O) groups is 2. The maximum absolute atomic E-state index is 13.1. The molecule has 12 heteroatoms. The van der Waals surface area contributed by atoms with Gasteiger partial charge in [-0.05, 0) is 45.6 Å². The normalized spacial score (nSPS) is 17.9. The van der Waals surface area contributed by atoms with Crippen LogP contribution in [-0.4, -0.2) is 53.9 Å². The quantitative estimate of drug-likeness (QED) is 0.312. The number of rotatable bonds is 10. The minimum absolute atomic E-state index is 0.0461. The van der Waals surface area contributed by atoms with Crippen molar-refractivity contribution in [3.63, 3.8) is 0 Å². The fourth-order valence-electron chi connectivity index (χ4n) is 4.54. The number of hydrogen-bond donors (Lipinski definition) is 3. The van der Waals surface area contributed by atoms with E-state index in [1.54, 1.807) is 37.6 Å². The molecule has 2 heterocycles. The molecule has 1 saturated carbocycles. The summed E-state index contributed by atoms with van der Waals surface area (Å²) in [7, 11) is -3.85. The number of nitrogens with zero attached hydrogens (tertiary/aromatic N) is 2. The highest BCUT2D eigenvalue weighted by atomic mass is 32.2. The van der Waals surface area contributed by atoms with Gasteiger partial charge in [0.15, 0.2) is 5.78 Å². The van der Waals surface area contributed by atoms with Crippen molar-refractivity contribution in [3.8, 4) is 10.4 Å². The molecule has 1 aliphatic rings. The number of alkyl carbamates (subject to hydrolysis) is 1. The zero-order chi connectivity index (χ0) is 27.3. The van der Waals surface area contributed by atoms with E-state index in [0.29, 0.717) is 17.0 Å². The summed E-state index contributed by atoms with van der Waals surface area (Å²) in [5, 5.41) is 3.87. The van der Waals surface area contributed by atoms with Crippen LogP contribution in [0.4, 0.5) is 4.79 Å². The van der Waals surface area contributed by atoms with Crippen molar-refractivity contribution in [2.45, 2.75) is 75.8 Å². The van der Waals surface area contributed by atoms with Gasteiger partial charge in [-0.25, -0.2) is 27.9 Å². The molecule has 2 aromatic heterocycles. The lowest BCUT2D eigenvalue weighted by molar-refractivity contribution is 0.0990. The van der Waals surface area contributed by atoms with Crippen LogP contribution in [0.3, 0.4) is 0 Å². The van der Waals surface area contributed by atoms with E-state index < -0.39 is 10.0 Å². The molecular formula is C26H33N5O5S2. The molecule has 0 bridgehead atoms. The first-order valence-electron chi connectivity index (χ1n) is 12.7. The Morgan fingerprint density at radius 3 is 2.61 bits per heavy atom. The van der Waals surface area contributed by atoms with Gasteiger partial charge in [0.1, 0.15) is 5.82 Å². The predicted molar refractivity (Wildman–Crippen MR) is 145 cm³/mol. The van der Waals surface area contributed by atoms with Crippen LogP contribution >= 0.6 is 11.3 Å². The molecule has 1 amide bonds. The average molecular weight is 560 g/mol. The van der Waals surface area contributed by atoms with Crippen molar-refractivity contribution < 1.29 is 22.7 Å². The molecule has 0 unspecified atom stereocenters. The first kappa shape index (κ1) is 27.9. The minimum atomic E-state index is -3.85. The minimum Gasteiger partial charge on any atom is -0.447 e. The number of nitrogens with one attached hydrogen (secondary N) is 3. The van der Waals surface area contributed by atoms with Crippen LogP contribution in [0.15, 0.2) is 41.7 Å². The monoisotopic (exact) mass is 559 g/mol. The van der Waals surface area contributed by atoms with Crippen molar-refractivity contribution in [2.24, 2.45) is 0 Å². The maximum Gasteiger partial charge on any atom is 0.407 e. The molecule has 0 atom stereocenters. The number of thiazole rings is 1. The van der Waals surface area contributed by atoms with Crippen molar-refractivity contribution in [2.75, 3.05) is 6.54 Å². The highest BCUT2D eigenvalue weighted by Gasteiger charge is 2.28. The summed E-state index contributed by atoms with van der Waals surface area (Å²) < 4.78 is 34.0. The summed E-state index contributed by atoms with van der Waals surface area (Å²) in [4.78, 5) is 37.1. The van der Waals surface area contributed by atoms with Crippen molar-refractivity contribution in [1.82, 2.24) is 25.0 Å². The highest BCUT2D eigenvalue weighted by Crippen LogP contribution is 2.39. The molecule has 10 nitrogen and oxygen atoms in total. The second-order valence-electron chi connectivity index (χ2n) is 9.56. The maximum atomic E-state index is 13.1. The molecule has 1 aromatic carbocycles.